The Morgan fingerprint density at radius 1 is 1.08 bits per heavy atom. The van der Waals surface area contributed by atoms with Gasteiger partial charge in [-0.05, 0) is 42.0 Å². The Kier molecular flexibility index (Phi) is 5.62. The maximum atomic E-state index is 12.5. The number of aromatic nitrogens is 2. The van der Waals surface area contributed by atoms with Crippen LogP contribution in [-0.4, -0.2) is 29.9 Å². The Morgan fingerprint density at radius 2 is 1.81 bits per heavy atom. The molecule has 0 radical (unpaired) electrons. The highest BCUT2D eigenvalue weighted by Crippen LogP contribution is 2.20. The second-order valence-electron chi connectivity index (χ2n) is 5.66. The molecular weight excluding hydrogens is 397 g/mol. The zero-order valence-corrected chi connectivity index (χ0v) is 16.1. The minimum Gasteiger partial charge on any atom is -0.338 e. The Balaban J connectivity index is 1.71. The normalized spacial score (nSPS) is 11.8. The average Bonchev–Trinajstić information content (AvgIpc) is 3.03. The van der Waals surface area contributed by atoms with Gasteiger partial charge in [-0.15, -0.1) is 0 Å². The Hall–Kier alpha value is -1.93. The summed E-state index contributed by atoms with van der Waals surface area (Å²) in [5.41, 5.74) is 1.34. The predicted molar refractivity (Wildman–Crippen MR) is 100 cm³/mol. The summed E-state index contributed by atoms with van der Waals surface area (Å²) in [4.78, 5) is 4.24. The highest BCUT2D eigenvalue weighted by atomic mass is 35.5. The van der Waals surface area contributed by atoms with Crippen LogP contribution in [-0.2, 0) is 22.3 Å². The van der Waals surface area contributed by atoms with Crippen LogP contribution in [0.1, 0.15) is 11.5 Å². The molecule has 3 aromatic rings. The summed E-state index contributed by atoms with van der Waals surface area (Å²) < 4.78 is 31.4. The fourth-order valence-corrected chi connectivity index (χ4v) is 3.74. The van der Waals surface area contributed by atoms with Crippen molar-refractivity contribution in [3.05, 3.63) is 70.0 Å². The molecule has 3 rings (SSSR count). The van der Waals surface area contributed by atoms with Crippen molar-refractivity contribution >= 4 is 33.2 Å². The molecule has 1 heterocycles. The van der Waals surface area contributed by atoms with E-state index < -0.39 is 10.0 Å². The number of rotatable bonds is 6. The minimum absolute atomic E-state index is 0.0243. The summed E-state index contributed by atoms with van der Waals surface area (Å²) in [6, 6.07) is 13.7. The van der Waals surface area contributed by atoms with Crippen LogP contribution < -0.4 is 0 Å². The van der Waals surface area contributed by atoms with E-state index in [0.717, 1.165) is 5.56 Å². The van der Waals surface area contributed by atoms with E-state index in [9.17, 15) is 8.42 Å². The standard InChI is InChI=1S/C17H15Cl2N3O3S/c1-22(26(23,24)11-12-3-2-4-15(19)9-12)10-16-20-17(21-25-16)13-5-7-14(18)8-6-13/h2-9H,10-11H2,1H3. The Morgan fingerprint density at radius 3 is 2.50 bits per heavy atom. The van der Waals surface area contributed by atoms with Gasteiger partial charge in [-0.3, -0.25) is 0 Å². The molecule has 0 saturated carbocycles. The molecule has 0 saturated heterocycles. The lowest BCUT2D eigenvalue weighted by atomic mass is 10.2. The van der Waals surface area contributed by atoms with Crippen LogP contribution in [0, 0.1) is 0 Å². The number of hydrogen-bond donors (Lipinski definition) is 0. The summed E-state index contributed by atoms with van der Waals surface area (Å²) in [5.74, 6) is 0.409. The zero-order valence-electron chi connectivity index (χ0n) is 13.8. The van der Waals surface area contributed by atoms with Gasteiger partial charge in [0.2, 0.25) is 21.7 Å². The van der Waals surface area contributed by atoms with Crippen LogP contribution in [0.25, 0.3) is 11.4 Å². The van der Waals surface area contributed by atoms with Crippen molar-refractivity contribution in [3.63, 3.8) is 0 Å². The number of sulfonamides is 1. The van der Waals surface area contributed by atoms with Crippen molar-refractivity contribution in [2.45, 2.75) is 12.3 Å². The van der Waals surface area contributed by atoms with Crippen LogP contribution in [0.3, 0.4) is 0 Å². The van der Waals surface area contributed by atoms with Gasteiger partial charge in [0.15, 0.2) is 0 Å². The smallest absolute Gasteiger partial charge is 0.242 e. The van der Waals surface area contributed by atoms with Crippen molar-refractivity contribution in [1.82, 2.24) is 14.4 Å². The number of halogens is 2. The first-order chi connectivity index (χ1) is 12.3. The third-order valence-corrected chi connectivity index (χ3v) is 5.91. The second kappa shape index (κ2) is 7.75. The summed E-state index contributed by atoms with van der Waals surface area (Å²) in [6.45, 7) is -0.0243. The number of hydrogen-bond acceptors (Lipinski definition) is 5. The molecule has 0 atom stereocenters. The SMILES string of the molecule is CN(Cc1nc(-c2ccc(Cl)cc2)no1)S(=O)(=O)Cc1cccc(Cl)c1. The van der Waals surface area contributed by atoms with E-state index in [1.165, 1.54) is 11.4 Å². The van der Waals surface area contributed by atoms with E-state index in [-0.39, 0.29) is 18.2 Å². The van der Waals surface area contributed by atoms with E-state index in [1.54, 1.807) is 48.5 Å². The molecular formula is C17H15Cl2N3O3S. The molecule has 0 N–H and O–H groups in total. The van der Waals surface area contributed by atoms with E-state index in [4.69, 9.17) is 27.7 Å². The Bertz CT molecular complexity index is 1000. The van der Waals surface area contributed by atoms with Crippen molar-refractivity contribution in [3.8, 4) is 11.4 Å². The van der Waals surface area contributed by atoms with E-state index >= 15 is 0 Å². The lowest BCUT2D eigenvalue weighted by molar-refractivity contribution is 0.336. The molecule has 2 aromatic carbocycles. The molecule has 0 aliphatic heterocycles. The van der Waals surface area contributed by atoms with Crippen molar-refractivity contribution in [2.24, 2.45) is 0 Å². The Labute approximate surface area is 161 Å². The average molecular weight is 412 g/mol. The molecule has 0 aliphatic rings. The highest BCUT2D eigenvalue weighted by molar-refractivity contribution is 7.88. The summed E-state index contributed by atoms with van der Waals surface area (Å²) in [5, 5.41) is 4.97. The second-order valence-corrected chi connectivity index (χ2v) is 8.61. The first-order valence-electron chi connectivity index (χ1n) is 7.60. The first kappa shape index (κ1) is 18.8. The van der Waals surface area contributed by atoms with Crippen LogP contribution in [0.5, 0.6) is 0 Å². The van der Waals surface area contributed by atoms with Crippen LogP contribution in [0.2, 0.25) is 10.0 Å². The van der Waals surface area contributed by atoms with Crippen molar-refractivity contribution in [1.29, 1.82) is 0 Å². The van der Waals surface area contributed by atoms with Crippen molar-refractivity contribution in [2.75, 3.05) is 7.05 Å². The fraction of sp³-hybridized carbons (Fsp3) is 0.176. The molecule has 0 amide bonds. The maximum Gasteiger partial charge on any atom is 0.242 e. The molecule has 0 aliphatic carbocycles. The quantitative estimate of drug-likeness (QED) is 0.612. The maximum absolute atomic E-state index is 12.5. The van der Waals surface area contributed by atoms with E-state index in [1.807, 2.05) is 0 Å². The molecule has 0 unspecified atom stereocenters. The minimum atomic E-state index is -3.56. The van der Waals surface area contributed by atoms with Gasteiger partial charge in [-0.25, -0.2) is 8.42 Å². The lowest BCUT2D eigenvalue weighted by Crippen LogP contribution is -2.27. The lowest BCUT2D eigenvalue weighted by Gasteiger charge is -2.15. The summed E-state index contributed by atoms with van der Waals surface area (Å²) >= 11 is 11.8. The van der Waals surface area contributed by atoms with Crippen LogP contribution >= 0.6 is 23.2 Å². The molecule has 0 fully saturated rings. The predicted octanol–water partition coefficient (Wildman–Crippen LogP) is 4.01. The summed E-state index contributed by atoms with van der Waals surface area (Å²) in [7, 11) is -2.10. The van der Waals surface area contributed by atoms with Gasteiger partial charge in [0.05, 0.1) is 12.3 Å². The number of nitrogens with zero attached hydrogens (tertiary/aromatic N) is 3. The topological polar surface area (TPSA) is 76.3 Å². The van der Waals surface area contributed by atoms with Gasteiger partial charge in [0.1, 0.15) is 0 Å². The summed E-state index contributed by atoms with van der Waals surface area (Å²) in [6.07, 6.45) is 0. The van der Waals surface area contributed by atoms with Gasteiger partial charge in [0.25, 0.3) is 0 Å². The fourth-order valence-electron chi connectivity index (χ4n) is 2.27. The third kappa shape index (κ3) is 4.62. The molecule has 0 bridgehead atoms. The molecule has 136 valence electrons. The van der Waals surface area contributed by atoms with Gasteiger partial charge in [-0.2, -0.15) is 9.29 Å². The van der Waals surface area contributed by atoms with Crippen molar-refractivity contribution < 1.29 is 12.9 Å². The molecule has 6 nitrogen and oxygen atoms in total. The van der Waals surface area contributed by atoms with Crippen LogP contribution in [0.15, 0.2) is 53.1 Å². The monoisotopic (exact) mass is 411 g/mol. The van der Waals surface area contributed by atoms with Gasteiger partial charge in [0, 0.05) is 22.7 Å². The van der Waals surface area contributed by atoms with Gasteiger partial charge >= 0.3 is 0 Å². The molecule has 0 spiro atoms. The largest absolute Gasteiger partial charge is 0.338 e. The highest BCUT2D eigenvalue weighted by Gasteiger charge is 2.21. The molecule has 9 heteroatoms. The molecule has 26 heavy (non-hydrogen) atoms. The van der Waals surface area contributed by atoms with E-state index in [0.29, 0.717) is 21.4 Å². The van der Waals surface area contributed by atoms with Gasteiger partial charge in [-0.1, -0.05) is 40.5 Å². The third-order valence-electron chi connectivity index (χ3n) is 3.64. The van der Waals surface area contributed by atoms with E-state index in [2.05, 4.69) is 10.1 Å². The number of benzene rings is 2. The first-order valence-corrected chi connectivity index (χ1v) is 9.97. The van der Waals surface area contributed by atoms with Gasteiger partial charge < -0.3 is 4.52 Å². The molecule has 1 aromatic heterocycles. The zero-order chi connectivity index (χ0) is 18.7. The van der Waals surface area contributed by atoms with Crippen LogP contribution in [0.4, 0.5) is 0 Å².